The molecule has 2 aromatic rings. The van der Waals surface area contributed by atoms with Gasteiger partial charge in [-0.15, -0.1) is 0 Å². The number of hydrogen-bond acceptors (Lipinski definition) is 3. The molecule has 6 heteroatoms. The number of benzene rings is 2. The molecule has 1 saturated carbocycles. The third-order valence-electron chi connectivity index (χ3n) is 6.21. The average molecular weight is 446 g/mol. The Morgan fingerprint density at radius 3 is 2.00 bits per heavy atom. The molecule has 1 aliphatic heterocycles. The van der Waals surface area contributed by atoms with Crippen LogP contribution >= 0.6 is 0 Å². The van der Waals surface area contributed by atoms with Crippen LogP contribution in [0, 0.1) is 0 Å². The zero-order valence-electron chi connectivity index (χ0n) is 19.3. The van der Waals surface area contributed by atoms with Crippen LogP contribution in [0.2, 0.25) is 0 Å². The molecule has 2 fully saturated rings. The van der Waals surface area contributed by atoms with E-state index >= 15 is 0 Å². The van der Waals surface area contributed by atoms with E-state index in [0.717, 1.165) is 18.4 Å². The molecule has 172 valence electrons. The largest absolute Gasteiger partial charge is 0.349 e. The monoisotopic (exact) mass is 445 g/mol. The van der Waals surface area contributed by atoms with Crippen LogP contribution in [0.4, 0.5) is 0 Å². The minimum absolute atomic E-state index is 0.0127. The molecule has 1 saturated heterocycles. The third-order valence-corrected chi connectivity index (χ3v) is 6.21. The van der Waals surface area contributed by atoms with Crippen molar-refractivity contribution in [2.75, 3.05) is 26.2 Å². The molecule has 3 amide bonds. The molecule has 1 heterocycles. The number of amides is 3. The molecule has 1 N–H and O–H groups in total. The number of carbonyl (C=O) groups is 3. The first kappa shape index (κ1) is 22.8. The summed E-state index contributed by atoms with van der Waals surface area (Å²) in [5.74, 6) is 0.326. The Hall–Kier alpha value is -3.41. The summed E-state index contributed by atoms with van der Waals surface area (Å²) in [6, 6.07) is 15.4. The zero-order valence-corrected chi connectivity index (χ0v) is 19.3. The number of rotatable bonds is 6. The SMILES string of the molecule is CC(C)c1ccc(C(=O)N2CCN(C(=O)/C=C/c3ccc(C(=O)NC4CC4)cc3)CC2)cc1. The summed E-state index contributed by atoms with van der Waals surface area (Å²) in [5, 5.41) is 2.97. The fraction of sp³-hybridized carbons (Fsp3) is 0.370. The van der Waals surface area contributed by atoms with E-state index < -0.39 is 0 Å². The Bertz CT molecular complexity index is 1030. The van der Waals surface area contributed by atoms with E-state index in [2.05, 4.69) is 19.2 Å². The quantitative estimate of drug-likeness (QED) is 0.690. The second-order valence-electron chi connectivity index (χ2n) is 9.10. The molecule has 0 radical (unpaired) electrons. The van der Waals surface area contributed by atoms with Gasteiger partial charge < -0.3 is 15.1 Å². The van der Waals surface area contributed by atoms with E-state index in [1.807, 2.05) is 41.3 Å². The summed E-state index contributed by atoms with van der Waals surface area (Å²) in [7, 11) is 0. The highest BCUT2D eigenvalue weighted by molar-refractivity contribution is 5.96. The molecule has 2 aromatic carbocycles. The van der Waals surface area contributed by atoms with E-state index in [0.29, 0.717) is 49.3 Å². The van der Waals surface area contributed by atoms with E-state index in [4.69, 9.17) is 0 Å². The smallest absolute Gasteiger partial charge is 0.253 e. The van der Waals surface area contributed by atoms with Crippen LogP contribution in [0.1, 0.15) is 64.4 Å². The molecule has 0 unspecified atom stereocenters. The van der Waals surface area contributed by atoms with Crippen molar-refractivity contribution in [1.29, 1.82) is 0 Å². The van der Waals surface area contributed by atoms with Crippen molar-refractivity contribution in [2.45, 2.75) is 38.6 Å². The highest BCUT2D eigenvalue weighted by Crippen LogP contribution is 2.20. The van der Waals surface area contributed by atoms with Crippen molar-refractivity contribution in [3.05, 3.63) is 76.9 Å². The Labute approximate surface area is 195 Å². The van der Waals surface area contributed by atoms with Gasteiger partial charge in [-0.1, -0.05) is 38.1 Å². The van der Waals surface area contributed by atoms with Crippen molar-refractivity contribution in [3.63, 3.8) is 0 Å². The first-order chi connectivity index (χ1) is 15.9. The van der Waals surface area contributed by atoms with Crippen LogP contribution in [0.25, 0.3) is 6.08 Å². The second-order valence-corrected chi connectivity index (χ2v) is 9.10. The Morgan fingerprint density at radius 2 is 1.42 bits per heavy atom. The molecule has 33 heavy (non-hydrogen) atoms. The van der Waals surface area contributed by atoms with Crippen LogP contribution < -0.4 is 5.32 Å². The molecule has 0 aromatic heterocycles. The van der Waals surface area contributed by atoms with Gasteiger partial charge in [0.15, 0.2) is 0 Å². The predicted molar refractivity (Wildman–Crippen MR) is 129 cm³/mol. The van der Waals surface area contributed by atoms with Gasteiger partial charge in [0.05, 0.1) is 0 Å². The first-order valence-corrected chi connectivity index (χ1v) is 11.7. The minimum atomic E-state index is -0.0704. The standard InChI is InChI=1S/C27H31N3O3/c1-19(2)21-8-10-23(11-9-21)27(33)30-17-15-29(16-18-30)25(31)14-5-20-3-6-22(7-4-20)26(32)28-24-12-13-24/h3-11,14,19,24H,12-13,15-18H2,1-2H3,(H,28,32)/b14-5+. The van der Waals surface area contributed by atoms with Crippen molar-refractivity contribution >= 4 is 23.8 Å². The van der Waals surface area contributed by atoms with E-state index in [1.165, 1.54) is 5.56 Å². The summed E-state index contributed by atoms with van der Waals surface area (Å²) in [6.07, 6.45) is 5.44. The van der Waals surface area contributed by atoms with Crippen molar-refractivity contribution in [3.8, 4) is 0 Å². The lowest BCUT2D eigenvalue weighted by Gasteiger charge is -2.34. The van der Waals surface area contributed by atoms with Crippen LogP contribution in [0.3, 0.4) is 0 Å². The van der Waals surface area contributed by atoms with E-state index in [-0.39, 0.29) is 17.7 Å². The molecular formula is C27H31N3O3. The lowest BCUT2D eigenvalue weighted by molar-refractivity contribution is -0.127. The normalized spacial score (nSPS) is 16.3. The van der Waals surface area contributed by atoms with Gasteiger partial charge in [-0.3, -0.25) is 14.4 Å². The summed E-state index contributed by atoms with van der Waals surface area (Å²) in [4.78, 5) is 41.0. The highest BCUT2D eigenvalue weighted by atomic mass is 16.2. The molecule has 6 nitrogen and oxygen atoms in total. The van der Waals surface area contributed by atoms with Gasteiger partial charge in [0.2, 0.25) is 5.91 Å². The molecule has 0 spiro atoms. The van der Waals surface area contributed by atoms with Gasteiger partial charge >= 0.3 is 0 Å². The topological polar surface area (TPSA) is 69.7 Å². The second kappa shape index (κ2) is 10.0. The van der Waals surface area contributed by atoms with E-state index in [1.54, 1.807) is 29.2 Å². The number of nitrogens with zero attached hydrogens (tertiary/aromatic N) is 2. The van der Waals surface area contributed by atoms with Gasteiger partial charge in [-0.2, -0.15) is 0 Å². The molecule has 0 bridgehead atoms. The van der Waals surface area contributed by atoms with Crippen LogP contribution in [0.15, 0.2) is 54.6 Å². The predicted octanol–water partition coefficient (Wildman–Crippen LogP) is 3.70. The van der Waals surface area contributed by atoms with Crippen molar-refractivity contribution in [1.82, 2.24) is 15.1 Å². The van der Waals surface area contributed by atoms with E-state index in [9.17, 15) is 14.4 Å². The Kier molecular flexibility index (Phi) is 6.92. The van der Waals surface area contributed by atoms with Crippen LogP contribution in [-0.2, 0) is 4.79 Å². The Morgan fingerprint density at radius 1 is 0.848 bits per heavy atom. The average Bonchev–Trinajstić information content (AvgIpc) is 3.66. The molecule has 1 aliphatic carbocycles. The van der Waals surface area contributed by atoms with Crippen molar-refractivity contribution in [2.24, 2.45) is 0 Å². The summed E-state index contributed by atoms with van der Waals surface area (Å²) in [5.41, 5.74) is 3.40. The van der Waals surface area contributed by atoms with Gasteiger partial charge in [-0.25, -0.2) is 0 Å². The molecule has 0 atom stereocenters. The highest BCUT2D eigenvalue weighted by Gasteiger charge is 2.25. The maximum absolute atomic E-state index is 12.8. The summed E-state index contributed by atoms with van der Waals surface area (Å²) >= 11 is 0. The molecular weight excluding hydrogens is 414 g/mol. The van der Waals surface area contributed by atoms with Gasteiger partial charge in [0.25, 0.3) is 11.8 Å². The number of nitrogens with one attached hydrogen (secondary N) is 1. The van der Waals surface area contributed by atoms with Crippen LogP contribution in [0.5, 0.6) is 0 Å². The maximum atomic E-state index is 12.8. The maximum Gasteiger partial charge on any atom is 0.253 e. The number of hydrogen-bond donors (Lipinski definition) is 1. The van der Waals surface area contributed by atoms with Gasteiger partial charge in [0.1, 0.15) is 0 Å². The van der Waals surface area contributed by atoms with Crippen LogP contribution in [-0.4, -0.2) is 59.7 Å². The molecule has 4 rings (SSSR count). The lowest BCUT2D eigenvalue weighted by Crippen LogP contribution is -2.50. The summed E-state index contributed by atoms with van der Waals surface area (Å²) in [6.45, 7) is 6.33. The Balaban J connectivity index is 1.26. The number of piperazine rings is 1. The molecule has 2 aliphatic rings. The third kappa shape index (κ3) is 5.89. The lowest BCUT2D eigenvalue weighted by atomic mass is 10.0. The zero-order chi connectivity index (χ0) is 23.4. The number of carbonyl (C=O) groups excluding carboxylic acids is 3. The van der Waals surface area contributed by atoms with Crippen molar-refractivity contribution < 1.29 is 14.4 Å². The minimum Gasteiger partial charge on any atom is -0.349 e. The first-order valence-electron chi connectivity index (χ1n) is 11.7. The summed E-state index contributed by atoms with van der Waals surface area (Å²) < 4.78 is 0. The fourth-order valence-corrected chi connectivity index (χ4v) is 3.84. The van der Waals surface area contributed by atoms with Gasteiger partial charge in [0, 0.05) is 49.4 Å². The van der Waals surface area contributed by atoms with Gasteiger partial charge in [-0.05, 0) is 60.2 Å². The fourth-order valence-electron chi connectivity index (χ4n) is 3.84.